The number of anilines is 1. The molecule has 4 heteroatoms. The number of carbonyl (C=O) groups is 1. The summed E-state index contributed by atoms with van der Waals surface area (Å²) in [6, 6.07) is 18.9. The molecule has 2 aromatic carbocycles. The van der Waals surface area contributed by atoms with Gasteiger partial charge in [-0.25, -0.2) is 4.79 Å². The molecule has 2 amide bonds. The minimum Gasteiger partial charge on any atom is -0.321 e. The molecule has 25 heavy (non-hydrogen) atoms. The highest BCUT2D eigenvalue weighted by molar-refractivity contribution is 5.89. The summed E-state index contributed by atoms with van der Waals surface area (Å²) in [6.07, 6.45) is 2.97. The summed E-state index contributed by atoms with van der Waals surface area (Å²) in [5.74, 6) is 0. The highest BCUT2D eigenvalue weighted by Crippen LogP contribution is 2.13. The lowest BCUT2D eigenvalue weighted by Gasteiger charge is -2.23. The summed E-state index contributed by atoms with van der Waals surface area (Å²) in [6.45, 7) is 5.31. The number of hydrogen-bond acceptors (Lipinski definition) is 2. The number of rotatable bonds is 6. The van der Waals surface area contributed by atoms with Crippen LogP contribution in [0.1, 0.15) is 31.4 Å². The zero-order valence-corrected chi connectivity index (χ0v) is 14.7. The number of urea groups is 1. The van der Waals surface area contributed by atoms with E-state index in [4.69, 9.17) is 5.26 Å². The van der Waals surface area contributed by atoms with Gasteiger partial charge in [-0.2, -0.15) is 5.26 Å². The molecule has 0 radical (unpaired) electrons. The molecular weight excluding hydrogens is 310 g/mol. The first-order chi connectivity index (χ1) is 12.1. The van der Waals surface area contributed by atoms with Crippen LogP contribution in [0.4, 0.5) is 10.5 Å². The fraction of sp³-hybridized carbons (Fsp3) is 0.238. The average Bonchev–Trinajstić information content (AvgIpc) is 2.62. The molecule has 0 heterocycles. The van der Waals surface area contributed by atoms with E-state index >= 15 is 0 Å². The lowest BCUT2D eigenvalue weighted by molar-refractivity contribution is 0.216. The number of benzene rings is 2. The average molecular weight is 333 g/mol. The van der Waals surface area contributed by atoms with Gasteiger partial charge < -0.3 is 10.2 Å². The molecule has 128 valence electrons. The number of amides is 2. The normalized spacial score (nSPS) is 10.8. The van der Waals surface area contributed by atoms with E-state index in [0.717, 1.165) is 17.6 Å². The number of nitrogens with zero attached hydrogens (tertiary/aromatic N) is 2. The van der Waals surface area contributed by atoms with Crippen molar-refractivity contribution in [2.45, 2.75) is 20.3 Å². The molecule has 0 aliphatic heterocycles. The van der Waals surface area contributed by atoms with Gasteiger partial charge in [0.1, 0.15) is 0 Å². The van der Waals surface area contributed by atoms with E-state index in [2.05, 4.69) is 17.5 Å². The lowest BCUT2D eigenvalue weighted by atomic mass is 10.1. The number of hydrogen-bond donors (Lipinski definition) is 1. The van der Waals surface area contributed by atoms with Crippen LogP contribution in [0.5, 0.6) is 0 Å². The summed E-state index contributed by atoms with van der Waals surface area (Å²) in [5.41, 5.74) is 3.40. The smallest absolute Gasteiger partial charge is 0.321 e. The minimum atomic E-state index is -0.155. The Kier molecular flexibility index (Phi) is 6.79. The van der Waals surface area contributed by atoms with Gasteiger partial charge in [0.05, 0.1) is 11.6 Å². The third-order valence-corrected chi connectivity index (χ3v) is 3.68. The molecule has 0 saturated heterocycles. The van der Waals surface area contributed by atoms with Gasteiger partial charge in [0.2, 0.25) is 0 Å². The summed E-state index contributed by atoms with van der Waals surface area (Å²) >= 11 is 0. The molecule has 0 aromatic heterocycles. The molecule has 1 N–H and O–H groups in total. The molecule has 0 unspecified atom stereocenters. The Bertz CT molecular complexity index is 775. The van der Waals surface area contributed by atoms with Crippen molar-refractivity contribution in [3.05, 3.63) is 71.3 Å². The van der Waals surface area contributed by atoms with E-state index in [1.165, 1.54) is 0 Å². The molecule has 4 nitrogen and oxygen atoms in total. The van der Waals surface area contributed by atoms with E-state index in [-0.39, 0.29) is 6.03 Å². The minimum absolute atomic E-state index is 0.155. The second kappa shape index (κ2) is 9.29. The van der Waals surface area contributed by atoms with Crippen LogP contribution in [0, 0.1) is 11.3 Å². The fourth-order valence-corrected chi connectivity index (χ4v) is 2.57. The first-order valence-electron chi connectivity index (χ1n) is 8.40. The standard InChI is InChI=1S/C21H23N3O/c1-3-12-24(16-17(2)13-18-8-5-4-6-9-18)21(25)23-20-11-7-10-19(14-20)15-22/h4-11,13-14H,3,12,16H2,1-2H3,(H,23,25)/b17-13+. The van der Waals surface area contributed by atoms with Crippen molar-refractivity contribution in [1.82, 2.24) is 4.90 Å². The van der Waals surface area contributed by atoms with Crippen LogP contribution in [0.3, 0.4) is 0 Å². The molecule has 0 aliphatic rings. The monoisotopic (exact) mass is 333 g/mol. The molecular formula is C21H23N3O. The molecule has 0 bridgehead atoms. The summed E-state index contributed by atoms with van der Waals surface area (Å²) in [4.78, 5) is 14.4. The second-order valence-corrected chi connectivity index (χ2v) is 5.95. The Morgan fingerprint density at radius 1 is 1.20 bits per heavy atom. The maximum absolute atomic E-state index is 12.6. The fourth-order valence-electron chi connectivity index (χ4n) is 2.57. The van der Waals surface area contributed by atoms with Gasteiger partial charge in [-0.1, -0.05) is 55.0 Å². The number of nitrogens with one attached hydrogen (secondary N) is 1. The van der Waals surface area contributed by atoms with Crippen LogP contribution in [0.15, 0.2) is 60.2 Å². The van der Waals surface area contributed by atoms with Gasteiger partial charge in [0, 0.05) is 18.8 Å². The molecule has 2 aromatic rings. The van der Waals surface area contributed by atoms with Crippen LogP contribution in [-0.2, 0) is 0 Å². The van der Waals surface area contributed by atoms with Crippen LogP contribution in [-0.4, -0.2) is 24.0 Å². The van der Waals surface area contributed by atoms with Crippen LogP contribution in [0.2, 0.25) is 0 Å². The van der Waals surface area contributed by atoms with Crippen molar-refractivity contribution < 1.29 is 4.79 Å². The third-order valence-electron chi connectivity index (χ3n) is 3.68. The van der Waals surface area contributed by atoms with Crippen molar-refractivity contribution in [3.63, 3.8) is 0 Å². The Hall–Kier alpha value is -3.06. The van der Waals surface area contributed by atoms with E-state index in [0.29, 0.717) is 24.3 Å². The summed E-state index contributed by atoms with van der Waals surface area (Å²) < 4.78 is 0. The lowest BCUT2D eigenvalue weighted by Crippen LogP contribution is -2.36. The van der Waals surface area contributed by atoms with E-state index in [1.54, 1.807) is 29.2 Å². The number of nitriles is 1. The van der Waals surface area contributed by atoms with E-state index in [1.807, 2.05) is 44.2 Å². The Morgan fingerprint density at radius 3 is 2.64 bits per heavy atom. The molecule has 0 spiro atoms. The maximum Gasteiger partial charge on any atom is 0.322 e. The Morgan fingerprint density at radius 2 is 1.96 bits per heavy atom. The molecule has 0 aliphatic carbocycles. The highest BCUT2D eigenvalue weighted by atomic mass is 16.2. The topological polar surface area (TPSA) is 56.1 Å². The zero-order valence-electron chi connectivity index (χ0n) is 14.7. The molecule has 2 rings (SSSR count). The van der Waals surface area contributed by atoms with Crippen LogP contribution < -0.4 is 5.32 Å². The Balaban J connectivity index is 2.07. The van der Waals surface area contributed by atoms with Crippen molar-refractivity contribution in [2.24, 2.45) is 0 Å². The highest BCUT2D eigenvalue weighted by Gasteiger charge is 2.13. The van der Waals surface area contributed by atoms with Crippen molar-refractivity contribution in [3.8, 4) is 6.07 Å². The zero-order chi connectivity index (χ0) is 18.1. The third kappa shape index (κ3) is 5.82. The Labute approximate surface area is 149 Å². The van der Waals surface area contributed by atoms with Crippen molar-refractivity contribution >= 4 is 17.8 Å². The summed E-state index contributed by atoms with van der Waals surface area (Å²) in [5, 5.41) is 11.8. The summed E-state index contributed by atoms with van der Waals surface area (Å²) in [7, 11) is 0. The van der Waals surface area contributed by atoms with Gasteiger partial charge in [-0.3, -0.25) is 0 Å². The second-order valence-electron chi connectivity index (χ2n) is 5.95. The van der Waals surface area contributed by atoms with E-state index < -0.39 is 0 Å². The SMILES string of the molecule is CCCN(C/C(C)=C/c1ccccc1)C(=O)Nc1cccc(C#N)c1. The predicted molar refractivity (Wildman–Crippen MR) is 102 cm³/mol. The first-order valence-corrected chi connectivity index (χ1v) is 8.40. The van der Waals surface area contributed by atoms with E-state index in [9.17, 15) is 4.79 Å². The van der Waals surface area contributed by atoms with Crippen LogP contribution in [0.25, 0.3) is 6.08 Å². The first kappa shape index (κ1) is 18.3. The van der Waals surface area contributed by atoms with Gasteiger partial charge in [0.25, 0.3) is 0 Å². The van der Waals surface area contributed by atoms with Gasteiger partial charge in [0.15, 0.2) is 0 Å². The number of carbonyl (C=O) groups excluding carboxylic acids is 1. The molecule has 0 atom stereocenters. The predicted octanol–water partition coefficient (Wildman–Crippen LogP) is 4.91. The largest absolute Gasteiger partial charge is 0.322 e. The van der Waals surface area contributed by atoms with Gasteiger partial charge >= 0.3 is 6.03 Å². The maximum atomic E-state index is 12.6. The van der Waals surface area contributed by atoms with Gasteiger partial charge in [-0.05, 0) is 37.1 Å². The van der Waals surface area contributed by atoms with Crippen LogP contribution >= 0.6 is 0 Å². The van der Waals surface area contributed by atoms with Crippen molar-refractivity contribution in [1.29, 1.82) is 5.26 Å². The van der Waals surface area contributed by atoms with Gasteiger partial charge in [-0.15, -0.1) is 0 Å². The molecule has 0 fully saturated rings. The molecule has 0 saturated carbocycles. The van der Waals surface area contributed by atoms with Crippen molar-refractivity contribution in [2.75, 3.05) is 18.4 Å². The quantitative estimate of drug-likeness (QED) is 0.817.